The van der Waals surface area contributed by atoms with Crippen LogP contribution in [0.2, 0.25) is 0 Å². The molecule has 0 aliphatic carbocycles. The average Bonchev–Trinajstić information content (AvgIpc) is 2.88. The van der Waals surface area contributed by atoms with Crippen molar-refractivity contribution in [3.63, 3.8) is 0 Å². The molecule has 3 nitrogen and oxygen atoms in total. The van der Waals surface area contributed by atoms with Crippen LogP contribution in [0.25, 0.3) is 0 Å². The maximum atomic E-state index is 5.79. The lowest BCUT2D eigenvalue weighted by atomic mass is 10.1. The molecule has 0 spiro atoms. The van der Waals surface area contributed by atoms with Crippen LogP contribution in [-0.2, 0) is 4.74 Å². The highest BCUT2D eigenvalue weighted by Crippen LogP contribution is 2.23. The largest absolute Gasteiger partial charge is 0.374 e. The third kappa shape index (κ3) is 4.05. The van der Waals surface area contributed by atoms with Crippen LogP contribution in [-0.4, -0.2) is 44.3 Å². The standard InChI is InChI=1S/C14H24N2OS/c1-3-5-13(14-6-4-9-18-14)15-10-12-11-16(2)7-8-17-12/h4,6,9,12-13,15H,3,5,7-8,10-11H2,1-2H3. The summed E-state index contributed by atoms with van der Waals surface area (Å²) < 4.78 is 5.79. The zero-order chi connectivity index (χ0) is 12.8. The molecule has 0 saturated carbocycles. The summed E-state index contributed by atoms with van der Waals surface area (Å²) in [5.41, 5.74) is 0. The molecule has 0 amide bonds. The first-order valence-corrected chi connectivity index (χ1v) is 7.74. The van der Waals surface area contributed by atoms with Crippen LogP contribution in [0.15, 0.2) is 17.5 Å². The summed E-state index contributed by atoms with van der Waals surface area (Å²) in [6, 6.07) is 4.85. The molecule has 1 fully saturated rings. The fraction of sp³-hybridized carbons (Fsp3) is 0.714. The van der Waals surface area contributed by atoms with E-state index in [0.717, 1.165) is 26.2 Å². The summed E-state index contributed by atoms with van der Waals surface area (Å²) in [5, 5.41) is 5.83. The molecule has 1 saturated heterocycles. The molecule has 4 heteroatoms. The molecule has 102 valence electrons. The van der Waals surface area contributed by atoms with Crippen LogP contribution in [0, 0.1) is 0 Å². The predicted molar refractivity (Wildman–Crippen MR) is 77.2 cm³/mol. The number of nitrogens with zero attached hydrogens (tertiary/aromatic N) is 1. The Morgan fingerprint density at radius 3 is 3.17 bits per heavy atom. The summed E-state index contributed by atoms with van der Waals surface area (Å²) in [4.78, 5) is 3.79. The molecular formula is C14H24N2OS. The second-order valence-corrected chi connectivity index (χ2v) is 6.00. The van der Waals surface area contributed by atoms with E-state index >= 15 is 0 Å². The quantitative estimate of drug-likeness (QED) is 0.858. The van der Waals surface area contributed by atoms with E-state index in [1.54, 1.807) is 0 Å². The van der Waals surface area contributed by atoms with Gasteiger partial charge in [-0.3, -0.25) is 0 Å². The molecule has 1 aliphatic heterocycles. The van der Waals surface area contributed by atoms with Gasteiger partial charge < -0.3 is 15.0 Å². The van der Waals surface area contributed by atoms with Gasteiger partial charge in [-0.25, -0.2) is 0 Å². The summed E-state index contributed by atoms with van der Waals surface area (Å²) >= 11 is 1.84. The molecule has 0 radical (unpaired) electrons. The second-order valence-electron chi connectivity index (χ2n) is 5.02. The van der Waals surface area contributed by atoms with Crippen molar-refractivity contribution in [2.75, 3.05) is 33.3 Å². The van der Waals surface area contributed by atoms with Gasteiger partial charge in [-0.2, -0.15) is 0 Å². The molecule has 0 aromatic carbocycles. The molecule has 1 aromatic heterocycles. The Morgan fingerprint density at radius 1 is 1.61 bits per heavy atom. The summed E-state index contributed by atoms with van der Waals surface area (Å²) in [7, 11) is 2.16. The minimum atomic E-state index is 0.336. The zero-order valence-electron chi connectivity index (χ0n) is 11.4. The number of morpholine rings is 1. The van der Waals surface area contributed by atoms with E-state index in [1.165, 1.54) is 17.7 Å². The minimum Gasteiger partial charge on any atom is -0.374 e. The van der Waals surface area contributed by atoms with Gasteiger partial charge >= 0.3 is 0 Å². The van der Waals surface area contributed by atoms with Crippen molar-refractivity contribution in [2.24, 2.45) is 0 Å². The lowest BCUT2D eigenvalue weighted by Gasteiger charge is -2.31. The third-order valence-corrected chi connectivity index (χ3v) is 4.38. The minimum absolute atomic E-state index is 0.336. The third-order valence-electron chi connectivity index (χ3n) is 3.40. The first-order valence-electron chi connectivity index (χ1n) is 6.86. The average molecular weight is 268 g/mol. The molecule has 1 N–H and O–H groups in total. The fourth-order valence-electron chi connectivity index (χ4n) is 2.39. The number of ether oxygens (including phenoxy) is 1. The lowest BCUT2D eigenvalue weighted by molar-refractivity contribution is -0.0193. The van der Waals surface area contributed by atoms with Gasteiger partial charge in [0.1, 0.15) is 0 Å². The number of likely N-dealkylation sites (N-methyl/N-ethyl adjacent to an activating group) is 1. The Kier molecular flexibility index (Phi) is 5.63. The van der Waals surface area contributed by atoms with Crippen LogP contribution in [0.4, 0.5) is 0 Å². The van der Waals surface area contributed by atoms with Gasteiger partial charge in [0.15, 0.2) is 0 Å². The molecule has 2 heterocycles. The van der Waals surface area contributed by atoms with Gasteiger partial charge in [-0.15, -0.1) is 11.3 Å². The molecule has 1 aromatic rings. The number of rotatable bonds is 6. The highest BCUT2D eigenvalue weighted by Gasteiger charge is 2.19. The summed E-state index contributed by atoms with van der Waals surface area (Å²) in [5.74, 6) is 0. The van der Waals surface area contributed by atoms with Gasteiger partial charge in [0.2, 0.25) is 0 Å². The van der Waals surface area contributed by atoms with Crippen LogP contribution in [0.3, 0.4) is 0 Å². The molecule has 2 rings (SSSR count). The molecule has 1 aliphatic rings. The topological polar surface area (TPSA) is 24.5 Å². The van der Waals surface area contributed by atoms with E-state index in [2.05, 4.69) is 41.7 Å². The van der Waals surface area contributed by atoms with Crippen LogP contribution in [0.5, 0.6) is 0 Å². The second kappa shape index (κ2) is 7.24. The zero-order valence-corrected chi connectivity index (χ0v) is 12.2. The number of hydrogen-bond acceptors (Lipinski definition) is 4. The van der Waals surface area contributed by atoms with E-state index in [9.17, 15) is 0 Å². The van der Waals surface area contributed by atoms with Crippen molar-refractivity contribution in [1.29, 1.82) is 0 Å². The molecular weight excluding hydrogens is 244 g/mol. The molecule has 2 atom stereocenters. The van der Waals surface area contributed by atoms with Crippen LogP contribution in [0.1, 0.15) is 30.7 Å². The smallest absolute Gasteiger partial charge is 0.0826 e. The maximum absolute atomic E-state index is 5.79. The Balaban J connectivity index is 1.82. The summed E-state index contributed by atoms with van der Waals surface area (Å²) in [6.07, 6.45) is 2.74. The van der Waals surface area contributed by atoms with Crippen molar-refractivity contribution in [3.8, 4) is 0 Å². The van der Waals surface area contributed by atoms with E-state index in [1.807, 2.05) is 11.3 Å². The lowest BCUT2D eigenvalue weighted by Crippen LogP contribution is -2.45. The normalized spacial score (nSPS) is 23.1. The van der Waals surface area contributed by atoms with Crippen molar-refractivity contribution in [3.05, 3.63) is 22.4 Å². The van der Waals surface area contributed by atoms with Gasteiger partial charge in [0, 0.05) is 30.6 Å². The maximum Gasteiger partial charge on any atom is 0.0826 e. The Hall–Kier alpha value is -0.420. The van der Waals surface area contributed by atoms with Crippen LogP contribution < -0.4 is 5.32 Å². The Bertz CT molecular complexity index is 329. The molecule has 2 unspecified atom stereocenters. The Labute approximate surface area is 114 Å². The fourth-order valence-corrected chi connectivity index (χ4v) is 3.22. The van der Waals surface area contributed by atoms with E-state index in [-0.39, 0.29) is 0 Å². The van der Waals surface area contributed by atoms with Crippen molar-refractivity contribution in [2.45, 2.75) is 31.9 Å². The van der Waals surface area contributed by atoms with Gasteiger partial charge in [0.05, 0.1) is 12.7 Å². The van der Waals surface area contributed by atoms with Crippen LogP contribution >= 0.6 is 11.3 Å². The van der Waals surface area contributed by atoms with E-state index in [4.69, 9.17) is 4.74 Å². The van der Waals surface area contributed by atoms with Crippen molar-refractivity contribution in [1.82, 2.24) is 10.2 Å². The van der Waals surface area contributed by atoms with E-state index < -0.39 is 0 Å². The summed E-state index contributed by atoms with van der Waals surface area (Å²) in [6.45, 7) is 6.15. The van der Waals surface area contributed by atoms with Crippen molar-refractivity contribution < 1.29 is 4.74 Å². The molecule has 18 heavy (non-hydrogen) atoms. The van der Waals surface area contributed by atoms with E-state index in [0.29, 0.717) is 12.1 Å². The highest BCUT2D eigenvalue weighted by molar-refractivity contribution is 7.10. The van der Waals surface area contributed by atoms with Gasteiger partial charge in [-0.1, -0.05) is 19.4 Å². The predicted octanol–water partition coefficient (Wildman–Crippen LogP) is 2.51. The monoisotopic (exact) mass is 268 g/mol. The molecule has 0 bridgehead atoms. The SMILES string of the molecule is CCCC(NCC1CN(C)CCO1)c1cccs1. The first kappa shape index (κ1) is 14.0. The highest BCUT2D eigenvalue weighted by atomic mass is 32.1. The first-order chi connectivity index (χ1) is 8.79. The number of nitrogens with one attached hydrogen (secondary N) is 1. The number of hydrogen-bond donors (Lipinski definition) is 1. The van der Waals surface area contributed by atoms with Gasteiger partial charge in [0.25, 0.3) is 0 Å². The number of thiophene rings is 1. The van der Waals surface area contributed by atoms with Crippen molar-refractivity contribution >= 4 is 11.3 Å². The van der Waals surface area contributed by atoms with Gasteiger partial charge in [-0.05, 0) is 24.9 Å². The Morgan fingerprint density at radius 2 is 2.50 bits per heavy atom.